The van der Waals surface area contributed by atoms with E-state index in [-0.39, 0.29) is 13.2 Å². The number of ether oxygens (including phenoxy) is 3. The van der Waals surface area contributed by atoms with Gasteiger partial charge in [-0.3, -0.25) is 4.79 Å². The molecule has 2 aromatic carbocycles. The predicted molar refractivity (Wildman–Crippen MR) is 149 cm³/mol. The maximum absolute atomic E-state index is 12.7. The second-order valence-electron chi connectivity index (χ2n) is 7.42. The summed E-state index contributed by atoms with van der Waals surface area (Å²) in [4.78, 5) is 25.1. The van der Waals surface area contributed by atoms with E-state index >= 15 is 0 Å². The summed E-state index contributed by atoms with van der Waals surface area (Å²) in [7, 11) is 1.54. The zero-order valence-electron chi connectivity index (χ0n) is 19.7. The van der Waals surface area contributed by atoms with E-state index in [1.807, 2.05) is 0 Å². The maximum atomic E-state index is 12.7. The first-order chi connectivity index (χ1) is 17.2. The van der Waals surface area contributed by atoms with Gasteiger partial charge in [0.1, 0.15) is 11.5 Å². The number of carbonyl (C=O) groups is 2. The molecule has 0 saturated heterocycles. The lowest BCUT2D eigenvalue weighted by atomic mass is 9.95. The number of methoxy groups -OCH3 is 1. The van der Waals surface area contributed by atoms with Crippen LogP contribution in [0.4, 0.5) is 0 Å². The summed E-state index contributed by atoms with van der Waals surface area (Å²) in [5, 5.41) is 10.9. The summed E-state index contributed by atoms with van der Waals surface area (Å²) < 4.78 is 17.2. The molecule has 190 valence electrons. The van der Waals surface area contributed by atoms with Gasteiger partial charge >= 0.3 is 5.97 Å². The van der Waals surface area contributed by atoms with Crippen LogP contribution < -0.4 is 25.5 Å². The topological polar surface area (TPSA) is 110 Å². The number of esters is 1. The molecule has 12 heteroatoms. The van der Waals surface area contributed by atoms with Gasteiger partial charge in [0.25, 0.3) is 5.91 Å². The molecule has 0 saturated carbocycles. The van der Waals surface area contributed by atoms with E-state index in [1.165, 1.54) is 6.21 Å². The normalized spacial score (nSPS) is 15.2. The third-order valence-electron chi connectivity index (χ3n) is 4.99. The average Bonchev–Trinajstić information content (AvgIpc) is 2.82. The number of hydrazone groups is 1. The molecule has 0 aliphatic carbocycles. The van der Waals surface area contributed by atoms with Crippen molar-refractivity contribution in [2.24, 2.45) is 5.10 Å². The van der Waals surface area contributed by atoms with Crippen LogP contribution in [0.2, 0.25) is 5.02 Å². The van der Waals surface area contributed by atoms with Crippen LogP contribution in [0.25, 0.3) is 0 Å². The lowest BCUT2D eigenvalue weighted by molar-refractivity contribution is -0.139. The standard InChI is InChI=1S/C24H24ClIN4O5S/c1-4-34-23(32)20-13(2)28-24(36)29-21(20)16-7-5-6-8-18(16)35-12-19(31)30-27-11-14-9-15(25)10-17(26)22(14)33-3/h5-11,21H,4,12H2,1-3H3,(H,30,31)(H2,28,29,36)/t21-/m0/s1. The Morgan fingerprint density at radius 1 is 1.31 bits per heavy atom. The molecular weight excluding hydrogens is 619 g/mol. The number of para-hydroxylation sites is 1. The molecule has 0 unspecified atom stereocenters. The molecule has 0 aromatic heterocycles. The van der Waals surface area contributed by atoms with E-state index < -0.39 is 17.9 Å². The van der Waals surface area contributed by atoms with Crippen LogP contribution >= 0.6 is 46.4 Å². The fourth-order valence-electron chi connectivity index (χ4n) is 3.50. The van der Waals surface area contributed by atoms with E-state index in [0.717, 1.165) is 3.57 Å². The summed E-state index contributed by atoms with van der Waals surface area (Å²) in [5.74, 6) is 0.0363. The first-order valence-electron chi connectivity index (χ1n) is 10.8. The highest BCUT2D eigenvalue weighted by molar-refractivity contribution is 14.1. The quantitative estimate of drug-likeness (QED) is 0.125. The van der Waals surface area contributed by atoms with Gasteiger partial charge in [0.2, 0.25) is 0 Å². The lowest BCUT2D eigenvalue weighted by Gasteiger charge is -2.30. The fourth-order valence-corrected chi connectivity index (χ4v) is 5.05. The summed E-state index contributed by atoms with van der Waals surface area (Å²) in [6, 6.07) is 9.88. The van der Waals surface area contributed by atoms with E-state index in [2.05, 4.69) is 43.8 Å². The van der Waals surface area contributed by atoms with Crippen LogP contribution in [-0.2, 0) is 14.3 Å². The van der Waals surface area contributed by atoms with E-state index in [1.54, 1.807) is 57.4 Å². The van der Waals surface area contributed by atoms with Crippen LogP contribution in [0.3, 0.4) is 0 Å². The zero-order chi connectivity index (χ0) is 26.2. The van der Waals surface area contributed by atoms with Gasteiger partial charge in [-0.05, 0) is 66.9 Å². The first-order valence-corrected chi connectivity index (χ1v) is 12.6. The molecule has 0 spiro atoms. The smallest absolute Gasteiger partial charge is 0.338 e. The minimum atomic E-state index is -0.618. The van der Waals surface area contributed by atoms with Crippen LogP contribution in [0, 0.1) is 3.57 Å². The molecule has 1 amide bonds. The van der Waals surface area contributed by atoms with Crippen LogP contribution in [-0.4, -0.2) is 43.5 Å². The van der Waals surface area contributed by atoms with Crippen molar-refractivity contribution in [3.05, 3.63) is 67.4 Å². The highest BCUT2D eigenvalue weighted by atomic mass is 127. The molecule has 1 heterocycles. The van der Waals surface area contributed by atoms with Gasteiger partial charge in [-0.2, -0.15) is 5.10 Å². The summed E-state index contributed by atoms with van der Waals surface area (Å²) in [6.45, 7) is 3.40. The number of rotatable bonds is 9. The van der Waals surface area contributed by atoms with Crippen molar-refractivity contribution in [1.82, 2.24) is 16.1 Å². The minimum absolute atomic E-state index is 0.228. The number of halogens is 2. The van der Waals surface area contributed by atoms with Gasteiger partial charge in [0.15, 0.2) is 11.7 Å². The first kappa shape index (κ1) is 27.7. The molecule has 2 aromatic rings. The molecule has 0 radical (unpaired) electrons. The molecule has 1 aliphatic rings. The number of benzene rings is 2. The van der Waals surface area contributed by atoms with Crippen molar-refractivity contribution < 1.29 is 23.8 Å². The molecule has 9 nitrogen and oxygen atoms in total. The van der Waals surface area contributed by atoms with Crippen LogP contribution in [0.1, 0.15) is 31.0 Å². The minimum Gasteiger partial charge on any atom is -0.495 e. The Kier molecular flexibility index (Phi) is 9.90. The third-order valence-corrected chi connectivity index (χ3v) is 6.23. The van der Waals surface area contributed by atoms with Gasteiger partial charge in [-0.1, -0.05) is 29.8 Å². The number of allylic oxidation sites excluding steroid dienone is 1. The average molecular weight is 643 g/mol. The van der Waals surface area contributed by atoms with Crippen molar-refractivity contribution >= 4 is 69.6 Å². The fraction of sp³-hybridized carbons (Fsp3) is 0.250. The van der Waals surface area contributed by atoms with Crippen molar-refractivity contribution in [2.75, 3.05) is 20.3 Å². The van der Waals surface area contributed by atoms with E-state index in [4.69, 9.17) is 38.0 Å². The molecular formula is C24H24ClIN4O5S. The third kappa shape index (κ3) is 6.86. The predicted octanol–water partition coefficient (Wildman–Crippen LogP) is 3.84. The highest BCUT2D eigenvalue weighted by Gasteiger charge is 2.32. The number of amides is 1. The van der Waals surface area contributed by atoms with Crippen molar-refractivity contribution in [1.29, 1.82) is 0 Å². The Morgan fingerprint density at radius 2 is 2.06 bits per heavy atom. The Hall–Kier alpha value is -2.90. The molecule has 1 aliphatic heterocycles. The highest BCUT2D eigenvalue weighted by Crippen LogP contribution is 2.33. The van der Waals surface area contributed by atoms with E-state index in [0.29, 0.717) is 44.0 Å². The van der Waals surface area contributed by atoms with Gasteiger partial charge in [-0.15, -0.1) is 0 Å². The Labute approximate surface area is 232 Å². The Bertz CT molecular complexity index is 1240. The van der Waals surface area contributed by atoms with Gasteiger partial charge in [-0.25, -0.2) is 10.2 Å². The van der Waals surface area contributed by atoms with Gasteiger partial charge in [0, 0.05) is 21.8 Å². The van der Waals surface area contributed by atoms with Crippen molar-refractivity contribution in [3.8, 4) is 11.5 Å². The molecule has 0 fully saturated rings. The van der Waals surface area contributed by atoms with Crippen molar-refractivity contribution in [3.63, 3.8) is 0 Å². The number of thiocarbonyl (C=S) groups is 1. The number of nitrogens with zero attached hydrogens (tertiary/aromatic N) is 1. The number of hydrogen-bond donors (Lipinski definition) is 3. The summed E-state index contributed by atoms with van der Waals surface area (Å²) in [6.07, 6.45) is 1.44. The molecule has 3 N–H and O–H groups in total. The Morgan fingerprint density at radius 3 is 2.78 bits per heavy atom. The SMILES string of the molecule is CCOC(=O)C1=C(C)NC(=S)N[C@H]1c1ccccc1OCC(=O)NN=Cc1cc(Cl)cc(I)c1OC. The summed E-state index contributed by atoms with van der Waals surface area (Å²) in [5.41, 5.74) is 4.61. The molecule has 0 bridgehead atoms. The van der Waals surface area contributed by atoms with Gasteiger partial charge < -0.3 is 24.8 Å². The largest absolute Gasteiger partial charge is 0.495 e. The zero-order valence-corrected chi connectivity index (χ0v) is 23.4. The second kappa shape index (κ2) is 12.9. The van der Waals surface area contributed by atoms with Crippen molar-refractivity contribution in [2.45, 2.75) is 19.9 Å². The number of nitrogens with one attached hydrogen (secondary N) is 3. The summed E-state index contributed by atoms with van der Waals surface area (Å²) >= 11 is 13.5. The molecule has 3 rings (SSSR count). The lowest BCUT2D eigenvalue weighted by Crippen LogP contribution is -2.45. The van der Waals surface area contributed by atoms with E-state index in [9.17, 15) is 9.59 Å². The number of carbonyl (C=O) groups excluding carboxylic acids is 2. The maximum Gasteiger partial charge on any atom is 0.338 e. The number of hydrogen-bond acceptors (Lipinski definition) is 7. The van der Waals surface area contributed by atoms with Crippen LogP contribution in [0.5, 0.6) is 11.5 Å². The van der Waals surface area contributed by atoms with Gasteiger partial charge in [0.05, 0.1) is 35.1 Å². The Balaban J connectivity index is 1.73. The monoisotopic (exact) mass is 642 g/mol. The molecule has 36 heavy (non-hydrogen) atoms. The molecule has 1 atom stereocenters. The second-order valence-corrected chi connectivity index (χ2v) is 9.43. The van der Waals surface area contributed by atoms with Crippen LogP contribution in [0.15, 0.2) is 52.8 Å².